The van der Waals surface area contributed by atoms with Gasteiger partial charge in [-0.1, -0.05) is 137 Å². The highest BCUT2D eigenvalue weighted by molar-refractivity contribution is 8.76. The Morgan fingerprint density at radius 1 is 0.496 bits per heavy atom. The number of carboxylic acids is 2. The number of nitrogens with one attached hydrogen (secondary N) is 20. The van der Waals surface area contributed by atoms with Crippen molar-refractivity contribution in [2.75, 3.05) is 57.4 Å². The van der Waals surface area contributed by atoms with Crippen molar-refractivity contribution in [1.82, 2.24) is 90.4 Å². The number of hydrogen-bond acceptors (Lipinski definition) is 24. The van der Waals surface area contributed by atoms with Crippen LogP contribution in [0.3, 0.4) is 0 Å². The zero-order chi connectivity index (χ0) is 89.0. The lowest BCUT2D eigenvalue weighted by atomic mass is 9.96. The predicted octanol–water partition coefficient (Wildman–Crippen LogP) is -7.67. The van der Waals surface area contributed by atoms with Crippen LogP contribution in [0.4, 0.5) is 0 Å². The maximum atomic E-state index is 15.2. The fourth-order valence-corrected chi connectivity index (χ4v) is 13.7. The number of rotatable bonds is 34. The number of aliphatic carboxylic acids is 2. The lowest BCUT2D eigenvalue weighted by molar-refractivity contribution is -0.142. The Kier molecular flexibility index (Phi) is 45.8. The Balaban J connectivity index is 2.42. The van der Waals surface area contributed by atoms with Gasteiger partial charge in [-0.3, -0.25) is 88.1 Å². The first-order valence-corrected chi connectivity index (χ1v) is 41.0. The van der Waals surface area contributed by atoms with Crippen molar-refractivity contribution in [3.63, 3.8) is 0 Å². The van der Waals surface area contributed by atoms with E-state index in [4.69, 9.17) is 39.2 Å². The third-order valence-corrected chi connectivity index (χ3v) is 21.0. The number of hydrogen-bond donors (Lipinski definition) is 28. The molecule has 1 aliphatic rings. The number of guanidine groups is 3. The van der Waals surface area contributed by atoms with Gasteiger partial charge in [-0.05, 0) is 67.4 Å². The third-order valence-electron chi connectivity index (χ3n) is 18.6. The molecule has 2 aromatic carbocycles. The monoisotopic (exact) mass is 1710 g/mol. The fourth-order valence-electron chi connectivity index (χ4n) is 11.4. The lowest BCUT2D eigenvalue weighted by Gasteiger charge is -2.30. The first-order chi connectivity index (χ1) is 56.3. The van der Waals surface area contributed by atoms with E-state index >= 15 is 9.59 Å². The van der Waals surface area contributed by atoms with Crippen LogP contribution in [0.1, 0.15) is 110 Å². The van der Waals surface area contributed by atoms with Crippen LogP contribution < -0.4 is 113 Å². The summed E-state index contributed by atoms with van der Waals surface area (Å²) in [5, 5.41) is 106. The topological polar surface area (TPSA) is 734 Å². The molecule has 0 spiro atoms. The summed E-state index contributed by atoms with van der Waals surface area (Å²) in [6.45, 7) is 5.60. The van der Waals surface area contributed by atoms with Gasteiger partial charge in [0.05, 0.1) is 32.7 Å². The number of benzene rings is 2. The summed E-state index contributed by atoms with van der Waals surface area (Å²) < 4.78 is 0. The van der Waals surface area contributed by atoms with Gasteiger partial charge >= 0.3 is 11.9 Å². The second-order valence-corrected chi connectivity index (χ2v) is 30.9. The Labute approximate surface area is 695 Å². The normalized spacial score (nSPS) is 21.7. The number of carbonyl (C=O) groups is 16. The summed E-state index contributed by atoms with van der Waals surface area (Å²) in [5.74, 6) is -23.2. The van der Waals surface area contributed by atoms with Gasteiger partial charge in [0.1, 0.15) is 78.5 Å². The van der Waals surface area contributed by atoms with Crippen molar-refractivity contribution in [2.45, 2.75) is 191 Å². The maximum Gasteiger partial charge on any atom is 0.326 e. The Morgan fingerprint density at radius 2 is 0.966 bits per heavy atom. The highest BCUT2D eigenvalue weighted by Gasteiger charge is 2.40. The molecule has 2 aromatic rings. The number of nitrogens with two attached hydrogens (primary N) is 4. The van der Waals surface area contributed by atoms with E-state index in [1.54, 1.807) is 74.5 Å². The van der Waals surface area contributed by atoms with Gasteiger partial charge in [0.2, 0.25) is 82.7 Å². The zero-order valence-corrected chi connectivity index (χ0v) is 68.7. The van der Waals surface area contributed by atoms with Crippen molar-refractivity contribution < 1.29 is 97.1 Å². The average molecular weight is 1710 g/mol. The van der Waals surface area contributed by atoms with Crippen molar-refractivity contribution >= 4 is 134 Å². The standard InChI is InChI=1S/C73H116N24O20S2/c1-7-38(5)56-68(114)91-48(30-54(102)103)63(109)87-44(23-16-26-82-72(77)78)61(107)97-57(39(6)8-2)69(115)94-50(65(111)89-47(29-41-20-13-10-14-21-41)62(108)88-45(70(116)117)24-17-27-83-73(79)80)35-118-119-36-51(93-64(110)49(34-99)92-58(104)42(74)33-98)66(112)95-55(37(3)4)67(113)90-46(28-40-18-11-9-12-19-40)59(105)85-31-52(100)84-32-53(101)86-43(60(106)96-56)22-15-25-81-71(75)76/h9-14,18-21,37-39,42-51,55-57,98-99H,7-8,15-17,22-36,74H2,1-6H3,(H,84,100)(H,85,105)(H,86,101)(H,87,109)(H,88,108)(H,89,111)(H,90,113)(H,91,114)(H,92,104)(H,93,110)(H,94,115)(H,95,112)(H,96,106)(H,97,107)(H,102,103)(H,116,117)(H4,75,76,81)(H4,77,78,82)(H4,79,80,83)/t38-,39-,42-,43-,44?,45-,46-,47-,48-,49-,50?,51-,55?,56?,57-/m0/s1. The summed E-state index contributed by atoms with van der Waals surface area (Å²) in [6.07, 6.45) is -2.13. The summed E-state index contributed by atoms with van der Waals surface area (Å²) in [7, 11) is 1.49. The highest BCUT2D eigenvalue weighted by atomic mass is 33.1. The van der Waals surface area contributed by atoms with E-state index in [1.165, 1.54) is 27.7 Å². The van der Waals surface area contributed by atoms with Crippen LogP contribution in [0.25, 0.3) is 0 Å². The molecule has 46 heteroatoms. The minimum Gasteiger partial charge on any atom is -0.481 e. The quantitative estimate of drug-likeness (QED) is 0.0134. The lowest BCUT2D eigenvalue weighted by Crippen LogP contribution is -2.62. The Bertz CT molecular complexity index is 3800. The minimum atomic E-state index is -2.03. The second-order valence-electron chi connectivity index (χ2n) is 28.4. The van der Waals surface area contributed by atoms with Gasteiger partial charge in [-0.15, -0.1) is 0 Å². The molecular weight excluding hydrogens is 1600 g/mol. The molecule has 0 aromatic heterocycles. The van der Waals surface area contributed by atoms with Crippen LogP contribution in [-0.2, 0) is 89.6 Å². The van der Waals surface area contributed by atoms with Crippen molar-refractivity contribution in [1.29, 1.82) is 16.2 Å². The number of carboxylic acid groups (broad SMARTS) is 2. The average Bonchev–Trinajstić information content (AvgIpc) is 0.855. The molecule has 44 nitrogen and oxygen atoms in total. The van der Waals surface area contributed by atoms with E-state index < -0.39 is 253 Å². The minimum absolute atomic E-state index is 0.00845. The van der Waals surface area contributed by atoms with Gasteiger partial charge in [0.25, 0.3) is 0 Å². The molecule has 14 amide bonds. The molecule has 0 aliphatic carbocycles. The molecule has 15 atom stereocenters. The number of amides is 14. The van der Waals surface area contributed by atoms with Crippen LogP contribution in [0.2, 0.25) is 0 Å². The molecule has 3 rings (SSSR count). The predicted molar refractivity (Wildman–Crippen MR) is 438 cm³/mol. The molecule has 0 radical (unpaired) electrons. The largest absolute Gasteiger partial charge is 0.481 e. The molecule has 0 saturated carbocycles. The van der Waals surface area contributed by atoms with Crippen LogP contribution in [0.15, 0.2) is 60.7 Å². The first kappa shape index (κ1) is 102. The molecule has 660 valence electrons. The van der Waals surface area contributed by atoms with E-state index in [-0.39, 0.29) is 83.8 Å². The van der Waals surface area contributed by atoms with E-state index in [0.29, 0.717) is 11.1 Å². The summed E-state index contributed by atoms with van der Waals surface area (Å²) in [4.78, 5) is 227. The van der Waals surface area contributed by atoms with Gasteiger partial charge in [-0.2, -0.15) is 0 Å². The number of aliphatic hydroxyl groups excluding tert-OH is 2. The molecule has 0 bridgehead atoms. The van der Waals surface area contributed by atoms with Crippen molar-refractivity contribution in [3.05, 3.63) is 71.8 Å². The maximum absolute atomic E-state index is 15.2. The molecule has 32 N–H and O–H groups in total. The van der Waals surface area contributed by atoms with Crippen molar-refractivity contribution in [2.24, 2.45) is 40.7 Å². The second kappa shape index (κ2) is 53.6. The Hall–Kier alpha value is -11.6. The van der Waals surface area contributed by atoms with Gasteiger partial charge < -0.3 is 134 Å². The zero-order valence-electron chi connectivity index (χ0n) is 67.1. The molecule has 119 heavy (non-hydrogen) atoms. The van der Waals surface area contributed by atoms with E-state index in [9.17, 15) is 87.5 Å². The number of carbonyl (C=O) groups excluding carboxylic acids is 14. The van der Waals surface area contributed by atoms with Gasteiger partial charge in [0.15, 0.2) is 17.9 Å². The van der Waals surface area contributed by atoms with Gasteiger partial charge in [0, 0.05) is 44.0 Å². The van der Waals surface area contributed by atoms with Crippen LogP contribution in [-0.4, -0.2) is 269 Å². The van der Waals surface area contributed by atoms with E-state index in [1.807, 2.05) is 0 Å². The Morgan fingerprint density at radius 3 is 1.48 bits per heavy atom. The van der Waals surface area contributed by atoms with Crippen LogP contribution in [0, 0.1) is 34.0 Å². The molecule has 1 aliphatic heterocycles. The molecular formula is C73H116N24O20S2. The number of aliphatic hydroxyl groups is 2. The third kappa shape index (κ3) is 38.1. The highest BCUT2D eigenvalue weighted by Crippen LogP contribution is 2.25. The van der Waals surface area contributed by atoms with E-state index in [2.05, 4.69) is 90.4 Å². The van der Waals surface area contributed by atoms with Crippen LogP contribution >= 0.6 is 21.6 Å². The molecule has 1 heterocycles. The summed E-state index contributed by atoms with van der Waals surface area (Å²) in [6, 6.07) is -5.62. The van der Waals surface area contributed by atoms with E-state index in [0.717, 1.165) is 21.6 Å². The van der Waals surface area contributed by atoms with Gasteiger partial charge in [-0.25, -0.2) is 4.79 Å². The summed E-state index contributed by atoms with van der Waals surface area (Å²) >= 11 is 0. The summed E-state index contributed by atoms with van der Waals surface area (Å²) in [5.41, 5.74) is 23.1. The molecule has 4 unspecified atom stereocenters. The molecule has 1 saturated heterocycles. The smallest absolute Gasteiger partial charge is 0.326 e. The fraction of sp³-hybridized carbons (Fsp3) is 0.575. The molecule has 1 fully saturated rings. The van der Waals surface area contributed by atoms with Crippen molar-refractivity contribution in [3.8, 4) is 0 Å². The first-order valence-electron chi connectivity index (χ1n) is 38.5. The van der Waals surface area contributed by atoms with Crippen LogP contribution in [0.5, 0.6) is 0 Å². The SMILES string of the molecule is CC[C@H](C)C1NC(=O)[C@H](CCCNC(=N)N)NC(=O)CNC(=O)CNC(=O)[C@H](Cc2ccccc2)NC(=O)C(C(C)C)NC(=O)[C@@H](NC(=O)[C@H](CO)NC(=O)[C@@H](N)CO)CSSCC(C(=O)N[C@@H](Cc2ccccc2)C(=O)N[C@@H](CCCNC(=N)N)C(=O)O)NC(=O)[C@H]([C@@H](C)CC)NC(=O)C(CCCNC(=N)N)NC(=O)[C@H](CC(=O)O)NC1=O.